The third-order valence-electron chi connectivity index (χ3n) is 3.72. The van der Waals surface area contributed by atoms with Crippen LogP contribution in [0.4, 0.5) is 5.69 Å². The number of anilines is 1. The summed E-state index contributed by atoms with van der Waals surface area (Å²) in [4.78, 5) is 23.0. The Morgan fingerprint density at radius 2 is 2.19 bits per heavy atom. The van der Waals surface area contributed by atoms with Crippen LogP contribution in [-0.4, -0.2) is 29.7 Å². The van der Waals surface area contributed by atoms with Gasteiger partial charge in [0, 0.05) is 18.7 Å². The van der Waals surface area contributed by atoms with E-state index in [-0.39, 0.29) is 17.6 Å². The Kier molecular flexibility index (Phi) is 5.33. The number of amides is 1. The number of carbonyl (C=O) groups is 2. The summed E-state index contributed by atoms with van der Waals surface area (Å²) >= 11 is 0. The normalized spacial score (nSPS) is 18.2. The highest BCUT2D eigenvalue weighted by Crippen LogP contribution is 2.19. The number of carbonyl (C=O) groups excluding carboxylic acids is 1. The first-order valence-electron chi connectivity index (χ1n) is 7.31. The molecule has 2 rings (SSSR count). The van der Waals surface area contributed by atoms with E-state index in [1.165, 1.54) is 6.07 Å². The molecule has 1 amide bonds. The van der Waals surface area contributed by atoms with Gasteiger partial charge in [0.25, 0.3) is 0 Å². The summed E-state index contributed by atoms with van der Waals surface area (Å²) in [6, 6.07) is 4.91. The molecule has 1 heterocycles. The largest absolute Gasteiger partial charge is 0.478 e. The number of nitrogens with one attached hydrogen (secondary N) is 1. The lowest BCUT2D eigenvalue weighted by molar-refractivity contribution is -0.117. The van der Waals surface area contributed by atoms with Crippen LogP contribution in [0.5, 0.6) is 0 Å². The lowest BCUT2D eigenvalue weighted by Gasteiger charge is -2.22. The number of benzene rings is 1. The van der Waals surface area contributed by atoms with Crippen molar-refractivity contribution in [3.05, 3.63) is 29.3 Å². The Morgan fingerprint density at radius 1 is 1.38 bits per heavy atom. The number of rotatable bonds is 5. The molecule has 1 aliphatic heterocycles. The third-order valence-corrected chi connectivity index (χ3v) is 3.72. The SMILES string of the molecule is Cc1ccc(NC(=O)CCC2CCCCO2)cc1C(=O)O. The fraction of sp³-hybridized carbons (Fsp3) is 0.500. The summed E-state index contributed by atoms with van der Waals surface area (Å²) in [5.41, 5.74) is 1.41. The molecule has 5 heteroatoms. The smallest absolute Gasteiger partial charge is 0.336 e. The molecule has 1 fully saturated rings. The average molecular weight is 291 g/mol. The quantitative estimate of drug-likeness (QED) is 0.874. The van der Waals surface area contributed by atoms with Crippen molar-refractivity contribution in [1.82, 2.24) is 0 Å². The van der Waals surface area contributed by atoms with Gasteiger partial charge in [-0.2, -0.15) is 0 Å². The molecule has 1 saturated heterocycles. The second kappa shape index (κ2) is 7.22. The summed E-state index contributed by atoms with van der Waals surface area (Å²) in [6.45, 7) is 2.52. The van der Waals surface area contributed by atoms with Gasteiger partial charge >= 0.3 is 5.97 Å². The van der Waals surface area contributed by atoms with Crippen LogP contribution < -0.4 is 5.32 Å². The summed E-state index contributed by atoms with van der Waals surface area (Å²) in [5, 5.41) is 11.8. The van der Waals surface area contributed by atoms with Crippen LogP contribution in [0.2, 0.25) is 0 Å². The minimum absolute atomic E-state index is 0.107. The lowest BCUT2D eigenvalue weighted by atomic mass is 10.0. The van der Waals surface area contributed by atoms with Gasteiger partial charge in [-0.25, -0.2) is 4.79 Å². The van der Waals surface area contributed by atoms with Crippen molar-refractivity contribution in [2.75, 3.05) is 11.9 Å². The zero-order chi connectivity index (χ0) is 15.2. The number of aromatic carboxylic acids is 1. The van der Waals surface area contributed by atoms with Crippen LogP contribution in [0.25, 0.3) is 0 Å². The summed E-state index contributed by atoms with van der Waals surface area (Å²) in [5.74, 6) is -1.09. The van der Waals surface area contributed by atoms with Crippen LogP contribution in [0, 0.1) is 6.92 Å². The number of carboxylic acid groups (broad SMARTS) is 1. The van der Waals surface area contributed by atoms with Crippen LogP contribution in [0.15, 0.2) is 18.2 Å². The second-order valence-electron chi connectivity index (χ2n) is 5.41. The lowest BCUT2D eigenvalue weighted by Crippen LogP contribution is -2.21. The van der Waals surface area contributed by atoms with E-state index < -0.39 is 5.97 Å². The Bertz CT molecular complexity index is 521. The van der Waals surface area contributed by atoms with Crippen molar-refractivity contribution < 1.29 is 19.4 Å². The summed E-state index contributed by atoms with van der Waals surface area (Å²) in [6.07, 6.45) is 4.55. The standard InChI is InChI=1S/C16H21NO4/c1-11-5-6-12(10-14(11)16(19)20)17-15(18)8-7-13-4-2-3-9-21-13/h5-6,10,13H,2-4,7-9H2,1H3,(H,17,18)(H,19,20). The average Bonchev–Trinajstić information content (AvgIpc) is 2.48. The van der Waals surface area contributed by atoms with Gasteiger partial charge in [0.2, 0.25) is 5.91 Å². The number of ether oxygens (including phenoxy) is 1. The molecule has 0 saturated carbocycles. The molecule has 2 N–H and O–H groups in total. The monoisotopic (exact) mass is 291 g/mol. The molecule has 0 spiro atoms. The van der Waals surface area contributed by atoms with Crippen molar-refractivity contribution in [3.8, 4) is 0 Å². The highest BCUT2D eigenvalue weighted by molar-refractivity contribution is 5.94. The zero-order valence-corrected chi connectivity index (χ0v) is 12.2. The Morgan fingerprint density at radius 3 is 2.86 bits per heavy atom. The van der Waals surface area contributed by atoms with Gasteiger partial charge in [-0.15, -0.1) is 0 Å². The van der Waals surface area contributed by atoms with E-state index >= 15 is 0 Å². The first kappa shape index (κ1) is 15.5. The predicted molar refractivity (Wildman–Crippen MR) is 79.6 cm³/mol. The highest BCUT2D eigenvalue weighted by atomic mass is 16.5. The molecule has 1 unspecified atom stereocenters. The fourth-order valence-electron chi connectivity index (χ4n) is 2.48. The number of carboxylic acids is 1. The van der Waals surface area contributed by atoms with Crippen LogP contribution >= 0.6 is 0 Å². The number of hydrogen-bond acceptors (Lipinski definition) is 3. The Hall–Kier alpha value is -1.88. The van der Waals surface area contributed by atoms with Gasteiger partial charge in [0.1, 0.15) is 0 Å². The first-order chi connectivity index (χ1) is 10.1. The van der Waals surface area contributed by atoms with E-state index in [0.717, 1.165) is 25.9 Å². The van der Waals surface area contributed by atoms with Gasteiger partial charge < -0.3 is 15.2 Å². The molecule has 0 aliphatic carbocycles. The van der Waals surface area contributed by atoms with Crippen LogP contribution in [0.1, 0.15) is 48.0 Å². The molecule has 0 bridgehead atoms. The molecule has 114 valence electrons. The molecule has 1 atom stereocenters. The number of hydrogen-bond donors (Lipinski definition) is 2. The van der Waals surface area contributed by atoms with E-state index in [9.17, 15) is 9.59 Å². The second-order valence-corrected chi connectivity index (χ2v) is 5.41. The van der Waals surface area contributed by atoms with Crippen molar-refractivity contribution in [3.63, 3.8) is 0 Å². The van der Waals surface area contributed by atoms with Crippen LogP contribution in [-0.2, 0) is 9.53 Å². The van der Waals surface area contributed by atoms with E-state index in [1.54, 1.807) is 19.1 Å². The van der Waals surface area contributed by atoms with E-state index in [0.29, 0.717) is 24.1 Å². The van der Waals surface area contributed by atoms with E-state index in [1.807, 2.05) is 0 Å². The van der Waals surface area contributed by atoms with Crippen LogP contribution in [0.3, 0.4) is 0 Å². The molecule has 5 nitrogen and oxygen atoms in total. The topological polar surface area (TPSA) is 75.6 Å². The minimum Gasteiger partial charge on any atom is -0.478 e. The molecule has 0 radical (unpaired) electrons. The van der Waals surface area contributed by atoms with Gasteiger partial charge in [-0.05, 0) is 50.3 Å². The van der Waals surface area contributed by atoms with Gasteiger partial charge in [0.05, 0.1) is 11.7 Å². The highest BCUT2D eigenvalue weighted by Gasteiger charge is 2.15. The first-order valence-corrected chi connectivity index (χ1v) is 7.31. The summed E-state index contributed by atoms with van der Waals surface area (Å²) < 4.78 is 5.59. The Balaban J connectivity index is 1.87. The van der Waals surface area contributed by atoms with Crippen molar-refractivity contribution in [2.24, 2.45) is 0 Å². The zero-order valence-electron chi connectivity index (χ0n) is 12.2. The molecule has 1 aliphatic rings. The summed E-state index contributed by atoms with van der Waals surface area (Å²) in [7, 11) is 0. The predicted octanol–water partition coefficient (Wildman–Crippen LogP) is 2.98. The minimum atomic E-state index is -0.987. The van der Waals surface area contributed by atoms with Gasteiger partial charge in [0.15, 0.2) is 0 Å². The molecular formula is C16H21NO4. The van der Waals surface area contributed by atoms with Crippen molar-refractivity contribution >= 4 is 17.6 Å². The van der Waals surface area contributed by atoms with Gasteiger partial charge in [-0.3, -0.25) is 4.79 Å². The molecule has 0 aromatic heterocycles. The molecule has 1 aromatic rings. The van der Waals surface area contributed by atoms with Gasteiger partial charge in [-0.1, -0.05) is 6.07 Å². The molecular weight excluding hydrogens is 270 g/mol. The van der Waals surface area contributed by atoms with Crippen molar-refractivity contribution in [2.45, 2.75) is 45.1 Å². The molecule has 1 aromatic carbocycles. The number of aryl methyl sites for hydroxylation is 1. The molecule has 21 heavy (non-hydrogen) atoms. The maximum atomic E-state index is 11.9. The fourth-order valence-corrected chi connectivity index (χ4v) is 2.48. The maximum Gasteiger partial charge on any atom is 0.336 e. The maximum absolute atomic E-state index is 11.9. The van der Waals surface area contributed by atoms with E-state index in [2.05, 4.69) is 5.32 Å². The van der Waals surface area contributed by atoms with E-state index in [4.69, 9.17) is 9.84 Å². The third kappa shape index (κ3) is 4.56. The van der Waals surface area contributed by atoms with Crippen molar-refractivity contribution in [1.29, 1.82) is 0 Å². The Labute approximate surface area is 124 Å².